The van der Waals surface area contributed by atoms with Crippen LogP contribution in [0.25, 0.3) is 0 Å². The number of carbonyl (C=O) groups is 1. The molecule has 4 fully saturated rings. The van der Waals surface area contributed by atoms with Crippen molar-refractivity contribution in [2.75, 3.05) is 0 Å². The average Bonchev–Trinajstić information content (AvgIpc) is 3.49. The summed E-state index contributed by atoms with van der Waals surface area (Å²) < 4.78 is 0. The topological polar surface area (TPSA) is 77.8 Å². The SMILES string of the molecule is CC=C1/C(=C\C=C2/CCC[C@@]3(C)C2CC[C@@H]3C(C)C(=O)C(O)CC2CC2)C[C@@H](O)C[C@@H]1O. The van der Waals surface area contributed by atoms with E-state index < -0.39 is 18.3 Å². The highest BCUT2D eigenvalue weighted by molar-refractivity contribution is 5.85. The van der Waals surface area contributed by atoms with Crippen LogP contribution in [0.4, 0.5) is 0 Å². The number of rotatable bonds is 6. The summed E-state index contributed by atoms with van der Waals surface area (Å²) in [6.45, 7) is 6.38. The number of aliphatic hydroxyl groups excluding tert-OH is 3. The van der Waals surface area contributed by atoms with Gasteiger partial charge in [0.05, 0.1) is 12.2 Å². The molecule has 0 aliphatic heterocycles. The molecule has 0 radical (unpaired) electrons. The smallest absolute Gasteiger partial charge is 0.164 e. The summed E-state index contributed by atoms with van der Waals surface area (Å²) in [6.07, 6.45) is 14.0. The summed E-state index contributed by atoms with van der Waals surface area (Å²) in [4.78, 5) is 13.0. The van der Waals surface area contributed by atoms with E-state index in [4.69, 9.17) is 0 Å². The molecule has 3 unspecified atom stereocenters. The molecule has 0 amide bonds. The largest absolute Gasteiger partial charge is 0.393 e. The molecule has 0 aromatic heterocycles. The van der Waals surface area contributed by atoms with Crippen LogP contribution in [-0.4, -0.2) is 39.4 Å². The molecule has 0 saturated heterocycles. The highest BCUT2D eigenvalue weighted by atomic mass is 16.3. The molecule has 32 heavy (non-hydrogen) atoms. The molecule has 4 nitrogen and oxygen atoms in total. The summed E-state index contributed by atoms with van der Waals surface area (Å²) >= 11 is 0. The molecular formula is C28H42O4. The van der Waals surface area contributed by atoms with E-state index in [1.54, 1.807) is 0 Å². The average molecular weight is 443 g/mol. The fraction of sp³-hybridized carbons (Fsp3) is 0.750. The van der Waals surface area contributed by atoms with Crippen LogP contribution >= 0.6 is 0 Å². The molecule has 0 heterocycles. The minimum atomic E-state index is -0.785. The summed E-state index contributed by atoms with van der Waals surface area (Å²) in [7, 11) is 0. The van der Waals surface area contributed by atoms with E-state index >= 15 is 0 Å². The van der Waals surface area contributed by atoms with Gasteiger partial charge in [0, 0.05) is 12.3 Å². The van der Waals surface area contributed by atoms with Crippen LogP contribution in [-0.2, 0) is 4.79 Å². The van der Waals surface area contributed by atoms with Gasteiger partial charge >= 0.3 is 0 Å². The van der Waals surface area contributed by atoms with E-state index in [1.165, 1.54) is 5.57 Å². The Morgan fingerprint density at radius 2 is 1.94 bits per heavy atom. The summed E-state index contributed by atoms with van der Waals surface area (Å²) in [5.74, 6) is 1.33. The molecule has 0 aromatic rings. The van der Waals surface area contributed by atoms with Crippen LogP contribution in [0.3, 0.4) is 0 Å². The van der Waals surface area contributed by atoms with E-state index in [1.807, 2.05) is 13.0 Å². The van der Waals surface area contributed by atoms with Crippen LogP contribution < -0.4 is 0 Å². The van der Waals surface area contributed by atoms with Crippen LogP contribution in [0.1, 0.15) is 85.0 Å². The van der Waals surface area contributed by atoms with Crippen molar-refractivity contribution in [1.29, 1.82) is 0 Å². The Hall–Kier alpha value is -1.23. The van der Waals surface area contributed by atoms with Gasteiger partial charge in [-0.15, -0.1) is 0 Å². The lowest BCUT2D eigenvalue weighted by Crippen LogP contribution is -2.40. The third kappa shape index (κ3) is 4.69. The molecular weight excluding hydrogens is 400 g/mol. The standard InChI is InChI=1S/C28H42O4/c1-4-22-20(15-21(29)16-25(22)30)10-9-19-6-5-13-28(3)23(11-12-24(19)28)17(2)27(32)26(31)14-18-7-8-18/h4,9-10,17-18,21,23-26,29-31H,5-8,11-16H2,1-3H3/b19-9+,20-10-,22-4?/t17?,21-,23-,24?,25+,26?,28-/m1/s1. The van der Waals surface area contributed by atoms with Crippen molar-refractivity contribution in [3.8, 4) is 0 Å². The van der Waals surface area contributed by atoms with Gasteiger partial charge in [-0.1, -0.05) is 50.5 Å². The molecule has 0 aromatic carbocycles. The fourth-order valence-electron chi connectivity index (χ4n) is 7.19. The van der Waals surface area contributed by atoms with Gasteiger partial charge in [-0.3, -0.25) is 4.79 Å². The highest BCUT2D eigenvalue weighted by Gasteiger charge is 2.52. The van der Waals surface area contributed by atoms with Crippen molar-refractivity contribution in [2.24, 2.45) is 29.1 Å². The fourth-order valence-corrected chi connectivity index (χ4v) is 7.19. The maximum atomic E-state index is 13.0. The Bertz CT molecular complexity index is 804. The van der Waals surface area contributed by atoms with Crippen LogP contribution in [0.15, 0.2) is 34.9 Å². The van der Waals surface area contributed by atoms with Gasteiger partial charge in [0.25, 0.3) is 0 Å². The predicted molar refractivity (Wildman–Crippen MR) is 127 cm³/mol. The molecule has 7 atom stereocenters. The second-order valence-electron chi connectivity index (χ2n) is 11.3. The zero-order chi connectivity index (χ0) is 23.0. The first-order valence-electron chi connectivity index (χ1n) is 12.9. The number of hydrogen-bond donors (Lipinski definition) is 3. The van der Waals surface area contributed by atoms with Gasteiger partial charge in [-0.25, -0.2) is 0 Å². The normalized spacial score (nSPS) is 41.1. The lowest BCUT2D eigenvalue weighted by molar-refractivity contribution is -0.134. The molecule has 0 bridgehead atoms. The van der Waals surface area contributed by atoms with Gasteiger partial charge in [0.1, 0.15) is 6.10 Å². The minimum Gasteiger partial charge on any atom is -0.393 e. The van der Waals surface area contributed by atoms with E-state index in [-0.39, 0.29) is 17.1 Å². The summed E-state index contributed by atoms with van der Waals surface area (Å²) in [5.41, 5.74) is 3.54. The second-order valence-corrected chi connectivity index (χ2v) is 11.3. The minimum absolute atomic E-state index is 0.0601. The van der Waals surface area contributed by atoms with Gasteiger partial charge in [0.15, 0.2) is 5.78 Å². The predicted octanol–water partition coefficient (Wildman–Crippen LogP) is 4.88. The Labute approximate surface area is 193 Å². The molecule has 4 heteroatoms. The van der Waals surface area contributed by atoms with Gasteiger partial charge < -0.3 is 15.3 Å². The van der Waals surface area contributed by atoms with E-state index in [9.17, 15) is 20.1 Å². The van der Waals surface area contributed by atoms with E-state index in [2.05, 4.69) is 26.0 Å². The first-order chi connectivity index (χ1) is 15.2. The zero-order valence-electron chi connectivity index (χ0n) is 20.1. The summed E-state index contributed by atoms with van der Waals surface area (Å²) in [6, 6.07) is 0. The molecule has 4 saturated carbocycles. The molecule has 4 aliphatic carbocycles. The maximum absolute atomic E-state index is 13.0. The first-order valence-corrected chi connectivity index (χ1v) is 12.9. The molecule has 4 rings (SSSR count). The van der Waals surface area contributed by atoms with Crippen molar-refractivity contribution in [1.82, 2.24) is 0 Å². The van der Waals surface area contributed by atoms with Crippen molar-refractivity contribution in [3.63, 3.8) is 0 Å². The quantitative estimate of drug-likeness (QED) is 0.548. The second kappa shape index (κ2) is 9.56. The van der Waals surface area contributed by atoms with Gasteiger partial charge in [-0.2, -0.15) is 0 Å². The molecule has 3 N–H and O–H groups in total. The van der Waals surface area contributed by atoms with E-state index in [0.29, 0.717) is 37.0 Å². The number of fused-ring (bicyclic) bond motifs is 1. The van der Waals surface area contributed by atoms with Crippen LogP contribution in [0.5, 0.6) is 0 Å². The van der Waals surface area contributed by atoms with E-state index in [0.717, 1.165) is 56.1 Å². The maximum Gasteiger partial charge on any atom is 0.164 e. The Kier molecular flexibility index (Phi) is 7.14. The third-order valence-electron chi connectivity index (χ3n) is 9.16. The monoisotopic (exact) mass is 442 g/mol. The summed E-state index contributed by atoms with van der Waals surface area (Å²) in [5, 5.41) is 31.0. The van der Waals surface area contributed by atoms with Crippen molar-refractivity contribution < 1.29 is 20.1 Å². The number of allylic oxidation sites excluding steroid dienone is 4. The molecule has 0 spiro atoms. The number of carbonyl (C=O) groups excluding carboxylic acids is 1. The number of aliphatic hydroxyl groups is 3. The Morgan fingerprint density at radius 1 is 1.19 bits per heavy atom. The zero-order valence-corrected chi connectivity index (χ0v) is 20.1. The number of ketones is 1. The lowest BCUT2D eigenvalue weighted by atomic mass is 9.60. The number of hydrogen-bond acceptors (Lipinski definition) is 4. The highest BCUT2D eigenvalue weighted by Crippen LogP contribution is 2.59. The Morgan fingerprint density at radius 3 is 2.62 bits per heavy atom. The lowest BCUT2D eigenvalue weighted by Gasteiger charge is -2.44. The number of Topliss-reactive ketones (excluding diaryl/α,β-unsaturated/α-hetero) is 1. The molecule has 4 aliphatic rings. The van der Waals surface area contributed by atoms with Crippen molar-refractivity contribution in [2.45, 2.75) is 103 Å². The first kappa shape index (κ1) is 23.9. The van der Waals surface area contributed by atoms with Crippen molar-refractivity contribution >= 4 is 5.78 Å². The Balaban J connectivity index is 1.51. The van der Waals surface area contributed by atoms with Gasteiger partial charge in [-0.05, 0) is 86.2 Å². The van der Waals surface area contributed by atoms with Crippen LogP contribution in [0.2, 0.25) is 0 Å². The third-order valence-corrected chi connectivity index (χ3v) is 9.16. The van der Waals surface area contributed by atoms with Gasteiger partial charge in [0.2, 0.25) is 0 Å². The van der Waals surface area contributed by atoms with Crippen molar-refractivity contribution in [3.05, 3.63) is 34.9 Å². The van der Waals surface area contributed by atoms with Crippen LogP contribution in [0, 0.1) is 29.1 Å². The molecule has 178 valence electrons.